The van der Waals surface area contributed by atoms with Crippen LogP contribution in [0.15, 0.2) is 0 Å². The van der Waals surface area contributed by atoms with Crippen LogP contribution in [0.1, 0.15) is 33.1 Å². The van der Waals surface area contributed by atoms with Crippen molar-refractivity contribution in [2.75, 3.05) is 26.1 Å². The molecule has 3 atom stereocenters. The number of sulfone groups is 1. The Balaban J connectivity index is 2.13. The minimum atomic E-state index is -3.18. The molecular formula is C13H25NO4S. The van der Waals surface area contributed by atoms with E-state index in [-0.39, 0.29) is 17.6 Å². The summed E-state index contributed by atoms with van der Waals surface area (Å²) in [4.78, 5) is 0. The first kappa shape index (κ1) is 15.2. The molecular weight excluding hydrogens is 266 g/mol. The minimum absolute atomic E-state index is 0.167. The van der Waals surface area contributed by atoms with Gasteiger partial charge in [0.15, 0.2) is 9.84 Å². The summed E-state index contributed by atoms with van der Waals surface area (Å²) >= 11 is 0. The van der Waals surface area contributed by atoms with Crippen LogP contribution in [0.4, 0.5) is 0 Å². The minimum Gasteiger partial charge on any atom is -0.378 e. The van der Waals surface area contributed by atoms with Gasteiger partial charge >= 0.3 is 0 Å². The van der Waals surface area contributed by atoms with Gasteiger partial charge in [-0.05, 0) is 32.6 Å². The number of hydrogen-bond donors (Lipinski definition) is 1. The molecule has 2 heterocycles. The predicted molar refractivity (Wildman–Crippen MR) is 73.7 cm³/mol. The number of hydrogen-bond acceptors (Lipinski definition) is 5. The number of rotatable bonds is 3. The molecule has 2 N–H and O–H groups in total. The van der Waals surface area contributed by atoms with Gasteiger partial charge < -0.3 is 15.2 Å². The lowest BCUT2D eigenvalue weighted by Gasteiger charge is -2.43. The molecule has 2 fully saturated rings. The molecule has 0 aromatic heterocycles. The maximum absolute atomic E-state index is 11.9. The quantitative estimate of drug-likeness (QED) is 0.829. The molecule has 0 aromatic carbocycles. The molecule has 0 aromatic rings. The highest BCUT2D eigenvalue weighted by atomic mass is 32.2. The monoisotopic (exact) mass is 291 g/mol. The van der Waals surface area contributed by atoms with Crippen molar-refractivity contribution < 1.29 is 17.9 Å². The molecule has 3 unspecified atom stereocenters. The molecule has 2 rings (SSSR count). The third-order valence-electron chi connectivity index (χ3n) is 4.86. The predicted octanol–water partition coefficient (Wildman–Crippen LogP) is 0.723. The van der Waals surface area contributed by atoms with Crippen LogP contribution in [0.3, 0.4) is 0 Å². The Morgan fingerprint density at radius 2 is 2.05 bits per heavy atom. The van der Waals surface area contributed by atoms with Crippen molar-refractivity contribution >= 4 is 9.84 Å². The van der Waals surface area contributed by atoms with E-state index in [9.17, 15) is 8.42 Å². The first-order valence-corrected chi connectivity index (χ1v) is 8.74. The second-order valence-corrected chi connectivity index (χ2v) is 9.08. The molecule has 1 spiro atoms. The summed E-state index contributed by atoms with van der Waals surface area (Å²) in [5, 5.41) is 0. The Bertz CT molecular complexity index is 426. The van der Waals surface area contributed by atoms with Crippen molar-refractivity contribution in [3.8, 4) is 0 Å². The molecule has 5 nitrogen and oxygen atoms in total. The fraction of sp³-hybridized carbons (Fsp3) is 1.00. The first-order valence-electron chi connectivity index (χ1n) is 6.85. The van der Waals surface area contributed by atoms with Gasteiger partial charge in [0.25, 0.3) is 0 Å². The zero-order chi connectivity index (χ0) is 14.3. The van der Waals surface area contributed by atoms with Crippen molar-refractivity contribution in [2.24, 2.45) is 11.7 Å². The van der Waals surface area contributed by atoms with Crippen molar-refractivity contribution in [1.29, 1.82) is 0 Å². The lowest BCUT2D eigenvalue weighted by atomic mass is 9.78. The fourth-order valence-corrected chi connectivity index (χ4v) is 3.74. The van der Waals surface area contributed by atoms with Gasteiger partial charge in [-0.2, -0.15) is 0 Å². The fourth-order valence-electron chi connectivity index (χ4n) is 3.05. The van der Waals surface area contributed by atoms with Crippen LogP contribution < -0.4 is 5.73 Å². The van der Waals surface area contributed by atoms with E-state index in [1.807, 2.05) is 0 Å². The smallest absolute Gasteiger partial charge is 0.154 e. The maximum atomic E-state index is 11.9. The van der Waals surface area contributed by atoms with Gasteiger partial charge in [0.1, 0.15) is 0 Å². The van der Waals surface area contributed by atoms with Crippen LogP contribution in [0.25, 0.3) is 0 Å². The van der Waals surface area contributed by atoms with Gasteiger partial charge in [-0.15, -0.1) is 0 Å². The van der Waals surface area contributed by atoms with Gasteiger partial charge in [0.2, 0.25) is 0 Å². The Labute approximate surface area is 115 Å². The zero-order valence-electron chi connectivity index (χ0n) is 12.0. The van der Waals surface area contributed by atoms with E-state index >= 15 is 0 Å². The maximum Gasteiger partial charge on any atom is 0.154 e. The van der Waals surface area contributed by atoms with Crippen molar-refractivity contribution in [3.63, 3.8) is 0 Å². The van der Waals surface area contributed by atoms with Gasteiger partial charge in [0, 0.05) is 31.9 Å². The average molecular weight is 291 g/mol. The van der Waals surface area contributed by atoms with Crippen LogP contribution in [0.5, 0.6) is 0 Å². The van der Waals surface area contributed by atoms with E-state index in [2.05, 4.69) is 0 Å². The van der Waals surface area contributed by atoms with Crippen molar-refractivity contribution in [2.45, 2.75) is 49.5 Å². The summed E-state index contributed by atoms with van der Waals surface area (Å²) in [6, 6.07) is -0.371. The Hall–Kier alpha value is -0.170. The third kappa shape index (κ3) is 2.82. The lowest BCUT2D eigenvalue weighted by molar-refractivity contribution is -0.102. The van der Waals surface area contributed by atoms with E-state index in [1.54, 1.807) is 13.8 Å². The average Bonchev–Trinajstić information content (AvgIpc) is 2.74. The molecule has 0 aliphatic carbocycles. The van der Waals surface area contributed by atoms with Gasteiger partial charge in [-0.3, -0.25) is 0 Å². The van der Waals surface area contributed by atoms with E-state index in [1.165, 1.54) is 6.26 Å². The summed E-state index contributed by atoms with van der Waals surface area (Å²) in [5.41, 5.74) is 6.06. The Morgan fingerprint density at radius 1 is 1.37 bits per heavy atom. The highest BCUT2D eigenvalue weighted by Crippen LogP contribution is 2.39. The number of nitrogens with two attached hydrogens (primary N) is 1. The zero-order valence-corrected chi connectivity index (χ0v) is 12.8. The van der Waals surface area contributed by atoms with Crippen LogP contribution in [-0.2, 0) is 19.3 Å². The molecule has 0 bridgehead atoms. The van der Waals surface area contributed by atoms with E-state index in [0.717, 1.165) is 25.9 Å². The van der Waals surface area contributed by atoms with Crippen molar-refractivity contribution in [1.82, 2.24) is 0 Å². The van der Waals surface area contributed by atoms with Crippen LogP contribution in [0.2, 0.25) is 0 Å². The van der Waals surface area contributed by atoms with E-state index < -0.39 is 14.6 Å². The summed E-state index contributed by atoms with van der Waals surface area (Å²) in [6.45, 7) is 5.41. The molecule has 0 amide bonds. The molecule has 0 radical (unpaired) electrons. The molecule has 6 heteroatoms. The van der Waals surface area contributed by atoms with E-state index in [0.29, 0.717) is 13.2 Å². The first-order chi connectivity index (χ1) is 8.68. The molecule has 112 valence electrons. The molecule has 2 aliphatic rings. The molecule has 19 heavy (non-hydrogen) atoms. The van der Waals surface area contributed by atoms with E-state index in [4.69, 9.17) is 15.2 Å². The van der Waals surface area contributed by atoms with Crippen LogP contribution in [-0.4, -0.2) is 50.9 Å². The number of ether oxygens (including phenoxy) is 2. The standard InChI is InChI=1S/C13H25NO4S/c1-12(2,19(3,15)16)11(14)10-4-6-18-13(8-10)5-7-17-9-13/h10-11H,4-9,14H2,1-3H3. The highest BCUT2D eigenvalue weighted by Gasteiger charge is 2.47. The topological polar surface area (TPSA) is 78.6 Å². The third-order valence-corrected chi connectivity index (χ3v) is 7.05. The Kier molecular flexibility index (Phi) is 3.99. The van der Waals surface area contributed by atoms with Crippen molar-refractivity contribution in [3.05, 3.63) is 0 Å². The summed E-state index contributed by atoms with van der Waals surface area (Å²) in [6.07, 6.45) is 3.77. The van der Waals surface area contributed by atoms with Crippen LogP contribution >= 0.6 is 0 Å². The summed E-state index contributed by atoms with van der Waals surface area (Å²) < 4.78 is 34.2. The summed E-state index contributed by atoms with van der Waals surface area (Å²) in [7, 11) is -3.18. The second kappa shape index (κ2) is 4.98. The normalized spacial score (nSPS) is 34.6. The summed E-state index contributed by atoms with van der Waals surface area (Å²) in [5.74, 6) is 0.167. The highest BCUT2D eigenvalue weighted by molar-refractivity contribution is 7.92. The second-order valence-electron chi connectivity index (χ2n) is 6.49. The van der Waals surface area contributed by atoms with Gasteiger partial charge in [-0.1, -0.05) is 0 Å². The van der Waals surface area contributed by atoms with Gasteiger partial charge in [0.05, 0.1) is 17.0 Å². The SMILES string of the molecule is CC(C)(C(N)C1CCOC2(CCOC2)C1)S(C)(=O)=O. The molecule has 2 aliphatic heterocycles. The lowest BCUT2D eigenvalue weighted by Crippen LogP contribution is -2.56. The van der Waals surface area contributed by atoms with Crippen LogP contribution in [0, 0.1) is 5.92 Å². The Morgan fingerprint density at radius 3 is 2.58 bits per heavy atom. The molecule has 2 saturated heterocycles. The molecule has 0 saturated carbocycles. The largest absolute Gasteiger partial charge is 0.378 e. The van der Waals surface area contributed by atoms with Gasteiger partial charge in [-0.25, -0.2) is 8.42 Å².